The number of sulfone groups is 1. The molecular weight excluding hydrogens is 266 g/mol. The number of nitrogens with zero attached hydrogens (tertiary/aromatic N) is 1. The topological polar surface area (TPSA) is 109 Å². The van der Waals surface area contributed by atoms with E-state index in [4.69, 9.17) is 0 Å². The molecule has 0 bridgehead atoms. The summed E-state index contributed by atoms with van der Waals surface area (Å²) in [5.41, 5.74) is 0. The minimum atomic E-state index is -3.74. The van der Waals surface area contributed by atoms with E-state index < -0.39 is 24.6 Å². The van der Waals surface area contributed by atoms with Gasteiger partial charge in [0.25, 0.3) is 10.0 Å². The normalized spacial score (nSPS) is 13.8. The highest BCUT2D eigenvalue weighted by atomic mass is 32.2. The molecular formula is C8H15N3O4S2. The molecule has 0 aliphatic rings. The van der Waals surface area contributed by atoms with Gasteiger partial charge in [0, 0.05) is 12.8 Å². The van der Waals surface area contributed by atoms with Crippen LogP contribution in [-0.2, 0) is 19.9 Å². The Morgan fingerprint density at radius 3 is 2.35 bits per heavy atom. The summed E-state index contributed by atoms with van der Waals surface area (Å²) in [6.07, 6.45) is 3.45. The van der Waals surface area contributed by atoms with Crippen molar-refractivity contribution in [3.8, 4) is 0 Å². The van der Waals surface area contributed by atoms with Gasteiger partial charge in [-0.15, -0.1) is 0 Å². The maximum atomic E-state index is 11.7. The second kappa shape index (κ2) is 4.39. The second-order valence-corrected chi connectivity index (χ2v) is 8.66. The third-order valence-corrected chi connectivity index (χ3v) is 5.93. The Morgan fingerprint density at radius 1 is 1.35 bits per heavy atom. The van der Waals surface area contributed by atoms with Crippen LogP contribution in [0.25, 0.3) is 0 Å². The lowest BCUT2D eigenvalue weighted by Crippen LogP contribution is -2.43. The number of hydrogen-bond donors (Lipinski definition) is 2. The summed E-state index contributed by atoms with van der Waals surface area (Å²) in [6.45, 7) is 2.71. The first kappa shape index (κ1) is 14.1. The van der Waals surface area contributed by atoms with Crippen LogP contribution in [0.15, 0.2) is 17.6 Å². The summed E-state index contributed by atoms with van der Waals surface area (Å²) in [5, 5.41) is -0.0956. The predicted molar refractivity (Wildman–Crippen MR) is 62.7 cm³/mol. The van der Waals surface area contributed by atoms with Crippen molar-refractivity contribution in [3.05, 3.63) is 12.5 Å². The van der Waals surface area contributed by atoms with E-state index in [-0.39, 0.29) is 11.6 Å². The quantitative estimate of drug-likeness (QED) is 0.757. The van der Waals surface area contributed by atoms with Crippen molar-refractivity contribution in [2.75, 3.05) is 12.8 Å². The summed E-state index contributed by atoms with van der Waals surface area (Å²) in [6, 6.07) is 0. The molecule has 0 aromatic carbocycles. The zero-order valence-corrected chi connectivity index (χ0v) is 11.4. The Bertz CT molecular complexity index is 572. The van der Waals surface area contributed by atoms with Crippen LogP contribution < -0.4 is 4.72 Å². The van der Waals surface area contributed by atoms with Gasteiger partial charge in [0.05, 0.1) is 17.3 Å². The van der Waals surface area contributed by atoms with Crippen molar-refractivity contribution in [3.63, 3.8) is 0 Å². The van der Waals surface area contributed by atoms with Gasteiger partial charge in [-0.1, -0.05) is 0 Å². The summed E-state index contributed by atoms with van der Waals surface area (Å²) < 4.78 is 47.2. The van der Waals surface area contributed by atoms with Crippen molar-refractivity contribution in [2.24, 2.45) is 0 Å². The Kier molecular flexibility index (Phi) is 3.65. The summed E-state index contributed by atoms with van der Waals surface area (Å²) in [4.78, 5) is 6.03. The number of hydrogen-bond acceptors (Lipinski definition) is 5. The molecule has 0 saturated carbocycles. The monoisotopic (exact) mass is 281 g/mol. The summed E-state index contributed by atoms with van der Waals surface area (Å²) in [7, 11) is -7.09. The fraction of sp³-hybridized carbons (Fsp3) is 0.625. The zero-order chi connectivity index (χ0) is 13.3. The Morgan fingerprint density at radius 2 is 1.94 bits per heavy atom. The maximum absolute atomic E-state index is 11.7. The van der Waals surface area contributed by atoms with E-state index in [1.807, 2.05) is 0 Å². The summed E-state index contributed by atoms with van der Waals surface area (Å²) >= 11 is 0. The van der Waals surface area contributed by atoms with E-state index in [1.54, 1.807) is 0 Å². The molecule has 0 fully saturated rings. The molecule has 1 aromatic heterocycles. The van der Waals surface area contributed by atoms with Crippen molar-refractivity contribution < 1.29 is 16.8 Å². The van der Waals surface area contributed by atoms with Gasteiger partial charge in [-0.3, -0.25) is 0 Å². The molecule has 1 heterocycles. The molecule has 1 rings (SSSR count). The standard InChI is InChI=1S/C8H15N3O4S2/c1-8(2,16(3,12)13)5-11-17(14,15)7-4-9-6-10-7/h4,6,11H,5H2,1-3H3,(H,9,10). The van der Waals surface area contributed by atoms with Crippen molar-refractivity contribution in [1.29, 1.82) is 0 Å². The molecule has 9 heteroatoms. The maximum Gasteiger partial charge on any atom is 0.257 e. The van der Waals surface area contributed by atoms with Gasteiger partial charge in [0.1, 0.15) is 0 Å². The number of aromatic amines is 1. The first-order valence-electron chi connectivity index (χ1n) is 4.74. The van der Waals surface area contributed by atoms with Crippen molar-refractivity contribution in [2.45, 2.75) is 23.6 Å². The Balaban J connectivity index is 2.83. The minimum Gasteiger partial charge on any atom is -0.335 e. The highest BCUT2D eigenvalue weighted by Gasteiger charge is 2.32. The smallest absolute Gasteiger partial charge is 0.257 e. The van der Waals surface area contributed by atoms with Crippen LogP contribution in [-0.4, -0.2) is 44.4 Å². The van der Waals surface area contributed by atoms with Crippen LogP contribution >= 0.6 is 0 Å². The fourth-order valence-electron chi connectivity index (χ4n) is 0.868. The molecule has 0 amide bonds. The van der Waals surface area contributed by atoms with Crippen molar-refractivity contribution >= 4 is 19.9 Å². The molecule has 0 spiro atoms. The van der Waals surface area contributed by atoms with Gasteiger partial charge in [-0.2, -0.15) is 0 Å². The Labute approximate surface area is 101 Å². The third-order valence-electron chi connectivity index (χ3n) is 2.45. The fourth-order valence-corrected chi connectivity index (χ4v) is 2.41. The second-order valence-electron chi connectivity index (χ2n) is 4.27. The lowest BCUT2D eigenvalue weighted by Gasteiger charge is -2.22. The number of rotatable bonds is 5. The van der Waals surface area contributed by atoms with E-state index >= 15 is 0 Å². The van der Waals surface area contributed by atoms with E-state index in [1.165, 1.54) is 20.2 Å². The molecule has 98 valence electrons. The SMILES string of the molecule is CC(C)(CNS(=O)(=O)c1cnc[nH]1)S(C)(=O)=O. The zero-order valence-electron chi connectivity index (χ0n) is 9.76. The van der Waals surface area contributed by atoms with E-state index in [0.717, 1.165) is 12.5 Å². The van der Waals surface area contributed by atoms with E-state index in [0.29, 0.717) is 0 Å². The molecule has 0 radical (unpaired) electrons. The third kappa shape index (κ3) is 3.27. The number of H-pyrrole nitrogens is 1. The molecule has 0 atom stereocenters. The number of nitrogens with one attached hydrogen (secondary N) is 2. The highest BCUT2D eigenvalue weighted by Crippen LogP contribution is 2.14. The molecule has 1 aromatic rings. The van der Waals surface area contributed by atoms with Crippen LogP contribution in [0.1, 0.15) is 13.8 Å². The molecule has 17 heavy (non-hydrogen) atoms. The van der Waals surface area contributed by atoms with Gasteiger partial charge in [-0.25, -0.2) is 26.5 Å². The number of imidazole rings is 1. The van der Waals surface area contributed by atoms with Gasteiger partial charge in [0.15, 0.2) is 14.9 Å². The average molecular weight is 281 g/mol. The number of aromatic nitrogens is 2. The van der Waals surface area contributed by atoms with Gasteiger partial charge >= 0.3 is 0 Å². The molecule has 0 saturated heterocycles. The lowest BCUT2D eigenvalue weighted by atomic mass is 10.2. The first-order chi connectivity index (χ1) is 7.56. The Hall–Kier alpha value is -0.930. The van der Waals surface area contributed by atoms with E-state index in [9.17, 15) is 16.8 Å². The first-order valence-corrected chi connectivity index (χ1v) is 8.11. The van der Waals surface area contributed by atoms with Crippen LogP contribution in [0.3, 0.4) is 0 Å². The molecule has 0 aliphatic heterocycles. The number of sulfonamides is 1. The molecule has 0 unspecified atom stereocenters. The van der Waals surface area contributed by atoms with Gasteiger partial charge in [0.2, 0.25) is 0 Å². The van der Waals surface area contributed by atoms with Crippen molar-refractivity contribution in [1.82, 2.24) is 14.7 Å². The van der Waals surface area contributed by atoms with Gasteiger partial charge < -0.3 is 4.98 Å². The summed E-state index contributed by atoms with van der Waals surface area (Å²) in [5.74, 6) is 0. The lowest BCUT2D eigenvalue weighted by molar-refractivity contribution is 0.536. The molecule has 2 N–H and O–H groups in total. The van der Waals surface area contributed by atoms with Crippen LogP contribution in [0.2, 0.25) is 0 Å². The average Bonchev–Trinajstić information content (AvgIpc) is 2.66. The minimum absolute atomic E-state index is 0.0956. The largest absolute Gasteiger partial charge is 0.335 e. The molecule has 7 nitrogen and oxygen atoms in total. The predicted octanol–water partition coefficient (Wildman–Crippen LogP) is -0.489. The van der Waals surface area contributed by atoms with Crippen LogP contribution in [0.5, 0.6) is 0 Å². The van der Waals surface area contributed by atoms with E-state index in [2.05, 4.69) is 14.7 Å². The molecule has 0 aliphatic carbocycles. The van der Waals surface area contributed by atoms with Crippen LogP contribution in [0.4, 0.5) is 0 Å². The highest BCUT2D eigenvalue weighted by molar-refractivity contribution is 7.92. The van der Waals surface area contributed by atoms with Gasteiger partial charge in [-0.05, 0) is 13.8 Å². The van der Waals surface area contributed by atoms with Crippen LogP contribution in [0, 0.1) is 0 Å².